The third-order valence-corrected chi connectivity index (χ3v) is 6.74. The summed E-state index contributed by atoms with van der Waals surface area (Å²) in [6.07, 6.45) is 2.23. The Balaban J connectivity index is 1.53. The number of fused-ring (bicyclic) bond motifs is 2. The standard InChI is InChI=1S/C26H42N6O7/c1-8-9-14-36-32-17-10-11-18(31(15-17)22(32)33)20-27-28-21(37-20)19-16-29(23(34)38-25(2,3)4)12-13-30(19)24(35)39-26(5,6)7/h17-19H,8-16H2,1-7H3/t17-,18-,19-/m0/s1. The van der Waals surface area contributed by atoms with Gasteiger partial charge in [-0.15, -0.1) is 10.2 Å². The van der Waals surface area contributed by atoms with Crippen molar-refractivity contribution in [1.29, 1.82) is 0 Å². The Morgan fingerprint density at radius 1 is 0.923 bits per heavy atom. The molecule has 1 aromatic heterocycles. The number of carbonyl (C=O) groups is 3. The smallest absolute Gasteiger partial charge is 0.411 e. The van der Waals surface area contributed by atoms with Crippen molar-refractivity contribution < 1.29 is 33.1 Å². The van der Waals surface area contributed by atoms with Crippen molar-refractivity contribution in [2.75, 3.05) is 32.8 Å². The Hall–Kier alpha value is -3.09. The number of piperidine rings is 1. The van der Waals surface area contributed by atoms with Crippen molar-refractivity contribution in [3.8, 4) is 0 Å². The van der Waals surface area contributed by atoms with E-state index >= 15 is 0 Å². The van der Waals surface area contributed by atoms with E-state index in [2.05, 4.69) is 17.1 Å². The molecular formula is C26H42N6O7. The Morgan fingerprint density at radius 2 is 1.56 bits per heavy atom. The van der Waals surface area contributed by atoms with Crippen LogP contribution in [-0.2, 0) is 14.3 Å². The van der Waals surface area contributed by atoms with Crippen LogP contribution in [0.25, 0.3) is 0 Å². The minimum atomic E-state index is -0.734. The number of hydrogen-bond acceptors (Lipinski definition) is 9. The van der Waals surface area contributed by atoms with E-state index in [-0.39, 0.29) is 37.6 Å². The van der Waals surface area contributed by atoms with Crippen LogP contribution in [0.3, 0.4) is 0 Å². The molecule has 0 N–H and O–H groups in total. The first-order valence-corrected chi connectivity index (χ1v) is 13.8. The van der Waals surface area contributed by atoms with Crippen LogP contribution >= 0.6 is 0 Å². The molecule has 3 saturated heterocycles. The first kappa shape index (κ1) is 28.9. The van der Waals surface area contributed by atoms with E-state index in [1.807, 2.05) is 0 Å². The van der Waals surface area contributed by atoms with E-state index in [9.17, 15) is 14.4 Å². The van der Waals surface area contributed by atoms with Gasteiger partial charge in [0.2, 0.25) is 11.8 Å². The number of rotatable bonds is 6. The maximum Gasteiger partial charge on any atom is 0.411 e. The number of hydrogen-bond donors (Lipinski definition) is 0. The molecule has 13 heteroatoms. The first-order chi connectivity index (χ1) is 18.3. The summed E-state index contributed by atoms with van der Waals surface area (Å²) in [5, 5.41) is 10.0. The van der Waals surface area contributed by atoms with Crippen LogP contribution in [0.15, 0.2) is 4.42 Å². The summed E-state index contributed by atoms with van der Waals surface area (Å²) in [6, 6.07) is -1.34. The minimum Gasteiger partial charge on any atom is -0.444 e. The molecule has 1 aromatic rings. The zero-order valence-corrected chi connectivity index (χ0v) is 24.1. The van der Waals surface area contributed by atoms with Gasteiger partial charge in [0, 0.05) is 19.6 Å². The molecule has 4 heterocycles. The number of urea groups is 1. The van der Waals surface area contributed by atoms with Gasteiger partial charge in [-0.05, 0) is 60.8 Å². The summed E-state index contributed by atoms with van der Waals surface area (Å²) in [5.41, 5.74) is -1.37. The molecule has 4 rings (SSSR count). The number of hydroxylamine groups is 2. The van der Waals surface area contributed by atoms with E-state index in [4.69, 9.17) is 18.7 Å². The van der Waals surface area contributed by atoms with E-state index in [1.165, 1.54) is 14.9 Å². The highest BCUT2D eigenvalue weighted by molar-refractivity contribution is 5.77. The van der Waals surface area contributed by atoms with Crippen LogP contribution in [0.5, 0.6) is 0 Å². The number of nitrogens with zero attached hydrogens (tertiary/aromatic N) is 6. The maximum absolute atomic E-state index is 13.1. The van der Waals surface area contributed by atoms with Crippen LogP contribution in [-0.4, -0.2) is 98.2 Å². The Morgan fingerprint density at radius 3 is 2.21 bits per heavy atom. The molecule has 218 valence electrons. The van der Waals surface area contributed by atoms with Gasteiger partial charge < -0.3 is 23.7 Å². The highest BCUT2D eigenvalue weighted by atomic mass is 16.7. The Kier molecular flexibility index (Phi) is 8.29. The minimum absolute atomic E-state index is 0.00334. The molecule has 3 aliphatic rings. The summed E-state index contributed by atoms with van der Waals surface area (Å²) in [6.45, 7) is 14.4. The fourth-order valence-electron chi connectivity index (χ4n) is 4.90. The predicted molar refractivity (Wildman–Crippen MR) is 138 cm³/mol. The summed E-state index contributed by atoms with van der Waals surface area (Å²) >= 11 is 0. The van der Waals surface area contributed by atoms with Gasteiger partial charge in [0.15, 0.2) is 0 Å². The lowest BCUT2D eigenvalue weighted by atomic mass is 10.0. The molecular weight excluding hydrogens is 508 g/mol. The lowest BCUT2D eigenvalue weighted by Gasteiger charge is -2.40. The zero-order chi connectivity index (χ0) is 28.5. The number of aromatic nitrogens is 2. The van der Waals surface area contributed by atoms with E-state index in [1.54, 1.807) is 46.4 Å². The highest BCUT2D eigenvalue weighted by Gasteiger charge is 2.48. The van der Waals surface area contributed by atoms with Gasteiger partial charge in [-0.25, -0.2) is 14.4 Å². The van der Waals surface area contributed by atoms with Gasteiger partial charge in [-0.1, -0.05) is 13.3 Å². The molecule has 0 unspecified atom stereocenters. The number of carbonyl (C=O) groups excluding carboxylic acids is 3. The average Bonchev–Trinajstić information content (AvgIpc) is 3.41. The largest absolute Gasteiger partial charge is 0.444 e. The molecule has 0 radical (unpaired) electrons. The van der Waals surface area contributed by atoms with Crippen LogP contribution in [0.2, 0.25) is 0 Å². The lowest BCUT2D eigenvalue weighted by Crippen LogP contribution is -2.54. The average molecular weight is 551 g/mol. The van der Waals surface area contributed by atoms with Crippen molar-refractivity contribution in [3.63, 3.8) is 0 Å². The molecule has 0 saturated carbocycles. The third kappa shape index (κ3) is 6.74. The van der Waals surface area contributed by atoms with Crippen molar-refractivity contribution in [2.24, 2.45) is 0 Å². The summed E-state index contributed by atoms with van der Waals surface area (Å²) in [7, 11) is 0. The fourth-order valence-corrected chi connectivity index (χ4v) is 4.90. The van der Waals surface area contributed by atoms with Gasteiger partial charge >= 0.3 is 18.2 Å². The van der Waals surface area contributed by atoms with Gasteiger partial charge in [-0.3, -0.25) is 9.74 Å². The van der Waals surface area contributed by atoms with Gasteiger partial charge in [0.25, 0.3) is 0 Å². The monoisotopic (exact) mass is 550 g/mol. The summed E-state index contributed by atoms with van der Waals surface area (Å²) in [4.78, 5) is 49.5. The topological polar surface area (TPSA) is 131 Å². The second kappa shape index (κ2) is 11.2. The number of piperazine rings is 1. The molecule has 3 atom stereocenters. The summed E-state index contributed by atoms with van der Waals surface area (Å²) < 4.78 is 17.3. The fraction of sp³-hybridized carbons (Fsp3) is 0.808. The van der Waals surface area contributed by atoms with E-state index in [0.717, 1.165) is 19.3 Å². The molecule has 13 nitrogen and oxygen atoms in total. The predicted octanol–water partition coefficient (Wildman–Crippen LogP) is 4.27. The molecule has 0 spiro atoms. The molecule has 2 bridgehead atoms. The maximum atomic E-state index is 13.1. The molecule has 3 fully saturated rings. The van der Waals surface area contributed by atoms with Crippen LogP contribution < -0.4 is 0 Å². The second-order valence-corrected chi connectivity index (χ2v) is 12.3. The van der Waals surface area contributed by atoms with Crippen LogP contribution in [0.1, 0.15) is 98.0 Å². The van der Waals surface area contributed by atoms with Crippen molar-refractivity contribution in [2.45, 2.75) is 103 Å². The van der Waals surface area contributed by atoms with Crippen molar-refractivity contribution in [1.82, 2.24) is 30.0 Å². The number of amides is 4. The Labute approximate surface area is 229 Å². The van der Waals surface area contributed by atoms with Crippen LogP contribution in [0, 0.1) is 0 Å². The SMILES string of the molecule is CCCCON1C(=O)N2C[C@@H]1CC[C@H]2c1nnc([C@@H]2CN(C(=O)OC(C)(C)C)CCN2C(=O)OC(C)(C)C)o1. The molecule has 3 aliphatic heterocycles. The van der Waals surface area contributed by atoms with E-state index < -0.39 is 35.5 Å². The second-order valence-electron chi connectivity index (χ2n) is 12.3. The van der Waals surface area contributed by atoms with Crippen LogP contribution in [0.4, 0.5) is 14.4 Å². The molecule has 4 amide bonds. The zero-order valence-electron chi connectivity index (χ0n) is 24.1. The number of ether oxygens (including phenoxy) is 2. The molecule has 0 aliphatic carbocycles. The van der Waals surface area contributed by atoms with Crippen molar-refractivity contribution >= 4 is 18.2 Å². The van der Waals surface area contributed by atoms with E-state index in [0.29, 0.717) is 25.5 Å². The quantitative estimate of drug-likeness (QED) is 0.476. The first-order valence-electron chi connectivity index (χ1n) is 13.8. The third-order valence-electron chi connectivity index (χ3n) is 6.74. The van der Waals surface area contributed by atoms with Crippen molar-refractivity contribution in [3.05, 3.63) is 11.8 Å². The van der Waals surface area contributed by atoms with Gasteiger partial charge in [0.1, 0.15) is 23.3 Å². The van der Waals surface area contributed by atoms with Gasteiger partial charge in [-0.2, -0.15) is 5.06 Å². The number of unbranched alkanes of at least 4 members (excludes halogenated alkanes) is 1. The normalized spacial score (nSPS) is 23.9. The molecule has 39 heavy (non-hydrogen) atoms. The van der Waals surface area contributed by atoms with Gasteiger partial charge in [0.05, 0.1) is 19.2 Å². The highest BCUT2D eigenvalue weighted by Crippen LogP contribution is 2.39. The lowest BCUT2D eigenvalue weighted by molar-refractivity contribution is -0.130. The summed E-state index contributed by atoms with van der Waals surface area (Å²) in [5.74, 6) is 0.472. The Bertz CT molecular complexity index is 1050. The molecule has 0 aromatic carbocycles.